The maximum absolute atomic E-state index is 13.4. The minimum atomic E-state index is -4.70. The highest BCUT2D eigenvalue weighted by Crippen LogP contribution is 2.35. The zero-order chi connectivity index (χ0) is 17.4. The number of halogens is 3. The summed E-state index contributed by atoms with van der Waals surface area (Å²) < 4.78 is 41.2. The molecule has 1 aliphatic rings. The number of aromatic nitrogens is 2. The van der Waals surface area contributed by atoms with E-state index in [0.29, 0.717) is 0 Å². The van der Waals surface area contributed by atoms with Gasteiger partial charge in [0.25, 0.3) is 5.91 Å². The Morgan fingerprint density at radius 3 is 2.48 bits per heavy atom. The molecule has 0 atom stereocenters. The summed E-state index contributed by atoms with van der Waals surface area (Å²) in [6, 6.07) is 0. The first-order valence-corrected chi connectivity index (χ1v) is 7.23. The van der Waals surface area contributed by atoms with E-state index in [1.165, 1.54) is 4.90 Å². The van der Waals surface area contributed by atoms with Crippen molar-refractivity contribution in [3.63, 3.8) is 0 Å². The van der Waals surface area contributed by atoms with Crippen LogP contribution in [-0.2, 0) is 16.5 Å². The molecule has 1 saturated heterocycles. The molecule has 0 radical (unpaired) electrons. The van der Waals surface area contributed by atoms with Crippen LogP contribution in [0.4, 0.5) is 13.2 Å². The highest BCUT2D eigenvalue weighted by Gasteiger charge is 2.43. The molecule has 2 heterocycles. The van der Waals surface area contributed by atoms with E-state index in [9.17, 15) is 22.8 Å². The van der Waals surface area contributed by atoms with E-state index in [4.69, 9.17) is 0 Å². The monoisotopic (exact) mass is 332 g/mol. The topological polar surface area (TPSA) is 67.2 Å². The molecule has 0 unspecified atom stereocenters. The Labute approximate surface area is 131 Å². The van der Waals surface area contributed by atoms with Crippen molar-refractivity contribution in [3.05, 3.63) is 17.5 Å². The third-order valence-electron chi connectivity index (χ3n) is 3.50. The molecule has 0 aromatic carbocycles. The highest BCUT2D eigenvalue weighted by atomic mass is 19.4. The summed E-state index contributed by atoms with van der Waals surface area (Å²) in [5.74, 6) is -0.981. The van der Waals surface area contributed by atoms with E-state index in [-0.39, 0.29) is 32.0 Å². The van der Waals surface area contributed by atoms with Gasteiger partial charge in [0.1, 0.15) is 0 Å². The summed E-state index contributed by atoms with van der Waals surface area (Å²) in [5.41, 5.74) is -2.46. The molecule has 2 amide bonds. The summed E-state index contributed by atoms with van der Waals surface area (Å²) in [5, 5.41) is 6.35. The van der Waals surface area contributed by atoms with E-state index >= 15 is 0 Å². The molecule has 6 nitrogen and oxygen atoms in total. The van der Waals surface area contributed by atoms with Crippen LogP contribution in [0.1, 0.15) is 43.2 Å². The molecule has 2 rings (SSSR count). The van der Waals surface area contributed by atoms with Gasteiger partial charge in [0.15, 0.2) is 5.69 Å². The Morgan fingerprint density at radius 1 is 1.26 bits per heavy atom. The van der Waals surface area contributed by atoms with Gasteiger partial charge in [-0.05, 0) is 20.8 Å². The average molecular weight is 332 g/mol. The Morgan fingerprint density at radius 2 is 1.91 bits per heavy atom. The van der Waals surface area contributed by atoms with Crippen LogP contribution in [-0.4, -0.2) is 46.1 Å². The molecule has 0 bridgehead atoms. The van der Waals surface area contributed by atoms with Crippen molar-refractivity contribution >= 4 is 11.8 Å². The number of hydrogen-bond acceptors (Lipinski definition) is 3. The van der Waals surface area contributed by atoms with E-state index in [1.807, 2.05) is 0 Å². The smallest absolute Gasteiger partial charge is 0.354 e. The zero-order valence-corrected chi connectivity index (χ0v) is 13.2. The molecule has 1 aliphatic heterocycles. The number of alkyl halides is 3. The predicted octanol–water partition coefficient (Wildman–Crippen LogP) is 1.62. The van der Waals surface area contributed by atoms with E-state index in [2.05, 4.69) is 10.4 Å². The summed E-state index contributed by atoms with van der Waals surface area (Å²) in [6.07, 6.45) is -3.67. The fraction of sp³-hybridized carbons (Fsp3) is 0.643. The Kier molecular flexibility index (Phi) is 4.41. The first-order chi connectivity index (χ1) is 10.5. The minimum absolute atomic E-state index is 0.0699. The number of nitrogens with zero attached hydrogens (tertiary/aromatic N) is 3. The number of hydrogen-bond donors (Lipinski definition) is 1. The van der Waals surface area contributed by atoms with Crippen LogP contribution >= 0.6 is 0 Å². The second-order valence-corrected chi connectivity index (χ2v) is 6.38. The van der Waals surface area contributed by atoms with Crippen molar-refractivity contribution in [2.24, 2.45) is 0 Å². The van der Waals surface area contributed by atoms with Crippen LogP contribution in [0.15, 0.2) is 6.20 Å². The molecule has 9 heteroatoms. The summed E-state index contributed by atoms with van der Waals surface area (Å²) in [6.45, 7) is 5.22. The lowest BCUT2D eigenvalue weighted by molar-refractivity contribution is -0.146. The predicted molar refractivity (Wildman–Crippen MR) is 75.8 cm³/mol. The Balaban J connectivity index is 2.41. The van der Waals surface area contributed by atoms with Crippen LogP contribution in [0.25, 0.3) is 0 Å². The van der Waals surface area contributed by atoms with E-state index in [0.717, 1.165) is 10.9 Å². The SMILES string of the molecule is CC(C)(C)n1ncc(C(=O)N2CCNC(=O)CC2)c1C(F)(F)F. The number of amides is 2. The fourth-order valence-corrected chi connectivity index (χ4v) is 2.43. The van der Waals surface area contributed by atoms with Gasteiger partial charge in [0, 0.05) is 26.1 Å². The molecule has 0 aliphatic carbocycles. The second kappa shape index (κ2) is 5.86. The molecular weight excluding hydrogens is 313 g/mol. The standard InChI is InChI=1S/C14H19F3N4O2/c1-13(2,3)21-11(14(15,16)17)9(8-19-21)12(23)20-6-4-10(22)18-5-7-20/h8H,4-7H2,1-3H3,(H,18,22). The molecule has 1 fully saturated rings. The van der Waals surface area contributed by atoms with Crippen LogP contribution in [0.5, 0.6) is 0 Å². The van der Waals surface area contributed by atoms with Gasteiger partial charge in [-0.3, -0.25) is 14.3 Å². The van der Waals surface area contributed by atoms with Crippen LogP contribution < -0.4 is 5.32 Å². The van der Waals surface area contributed by atoms with Crippen LogP contribution in [0, 0.1) is 0 Å². The minimum Gasteiger partial charge on any atom is -0.354 e. The summed E-state index contributed by atoms with van der Waals surface area (Å²) in [4.78, 5) is 25.1. The van der Waals surface area contributed by atoms with Crippen LogP contribution in [0.3, 0.4) is 0 Å². The van der Waals surface area contributed by atoms with Crippen LogP contribution in [0.2, 0.25) is 0 Å². The Bertz CT molecular complexity index is 617. The van der Waals surface area contributed by atoms with Gasteiger partial charge in [-0.1, -0.05) is 0 Å². The number of rotatable bonds is 1. The maximum atomic E-state index is 13.4. The van der Waals surface area contributed by atoms with Gasteiger partial charge in [0.2, 0.25) is 5.91 Å². The molecule has 1 N–H and O–H groups in total. The quantitative estimate of drug-likeness (QED) is 0.850. The van der Waals surface area contributed by atoms with Gasteiger partial charge in [-0.2, -0.15) is 18.3 Å². The first kappa shape index (κ1) is 17.3. The molecule has 128 valence electrons. The number of carbonyl (C=O) groups excluding carboxylic acids is 2. The highest BCUT2D eigenvalue weighted by molar-refractivity contribution is 5.95. The first-order valence-electron chi connectivity index (χ1n) is 7.23. The van der Waals surface area contributed by atoms with Crippen molar-refractivity contribution < 1.29 is 22.8 Å². The van der Waals surface area contributed by atoms with Crippen molar-refractivity contribution in [2.75, 3.05) is 19.6 Å². The van der Waals surface area contributed by atoms with E-state index in [1.54, 1.807) is 20.8 Å². The van der Waals surface area contributed by atoms with Crippen molar-refractivity contribution in [2.45, 2.75) is 38.9 Å². The molecule has 1 aromatic heterocycles. The van der Waals surface area contributed by atoms with Gasteiger partial charge >= 0.3 is 6.18 Å². The van der Waals surface area contributed by atoms with Gasteiger partial charge < -0.3 is 10.2 Å². The lowest BCUT2D eigenvalue weighted by Crippen LogP contribution is -2.36. The second-order valence-electron chi connectivity index (χ2n) is 6.38. The average Bonchev–Trinajstić information content (AvgIpc) is 2.76. The fourth-order valence-electron chi connectivity index (χ4n) is 2.43. The van der Waals surface area contributed by atoms with Gasteiger partial charge in [0.05, 0.1) is 17.3 Å². The number of carbonyl (C=O) groups is 2. The molecular formula is C14H19F3N4O2. The largest absolute Gasteiger partial charge is 0.433 e. The van der Waals surface area contributed by atoms with E-state index < -0.39 is 28.9 Å². The van der Waals surface area contributed by atoms with Crippen molar-refractivity contribution in [1.82, 2.24) is 20.0 Å². The molecule has 0 spiro atoms. The summed E-state index contributed by atoms with van der Waals surface area (Å²) >= 11 is 0. The summed E-state index contributed by atoms with van der Waals surface area (Å²) in [7, 11) is 0. The Hall–Kier alpha value is -2.06. The van der Waals surface area contributed by atoms with Gasteiger partial charge in [-0.15, -0.1) is 0 Å². The lowest BCUT2D eigenvalue weighted by Gasteiger charge is -2.25. The van der Waals surface area contributed by atoms with Gasteiger partial charge in [-0.25, -0.2) is 0 Å². The maximum Gasteiger partial charge on any atom is 0.433 e. The third-order valence-corrected chi connectivity index (χ3v) is 3.50. The number of nitrogens with one attached hydrogen (secondary N) is 1. The van der Waals surface area contributed by atoms with Crippen molar-refractivity contribution in [1.29, 1.82) is 0 Å². The zero-order valence-electron chi connectivity index (χ0n) is 13.2. The normalized spacial score (nSPS) is 17.0. The molecule has 1 aromatic rings. The molecule has 23 heavy (non-hydrogen) atoms. The lowest BCUT2D eigenvalue weighted by atomic mass is 10.1. The molecule has 0 saturated carbocycles. The third kappa shape index (κ3) is 3.65. The van der Waals surface area contributed by atoms with Crippen molar-refractivity contribution in [3.8, 4) is 0 Å².